The third-order valence-electron chi connectivity index (χ3n) is 3.53. The number of aromatic nitrogens is 3. The molecule has 0 aliphatic rings. The number of hydrogen-bond acceptors (Lipinski definition) is 4. The van der Waals surface area contributed by atoms with Crippen molar-refractivity contribution in [2.45, 2.75) is 25.9 Å². The molecule has 124 valence electrons. The van der Waals surface area contributed by atoms with Gasteiger partial charge in [-0.15, -0.1) is 0 Å². The van der Waals surface area contributed by atoms with Crippen LogP contribution in [0.25, 0.3) is 16.9 Å². The van der Waals surface area contributed by atoms with E-state index in [2.05, 4.69) is 10.1 Å². The number of hydrogen-bond donors (Lipinski definition) is 2. The Hall–Kier alpha value is -2.80. The molecule has 0 aliphatic carbocycles. The maximum atomic E-state index is 14.5. The van der Waals surface area contributed by atoms with E-state index in [4.69, 9.17) is 0 Å². The molecular formula is C17H16FN3O3. The fourth-order valence-corrected chi connectivity index (χ4v) is 2.63. The third kappa shape index (κ3) is 2.98. The zero-order valence-electron chi connectivity index (χ0n) is 13.2. The lowest BCUT2D eigenvalue weighted by Gasteiger charge is -2.17. The van der Waals surface area contributed by atoms with Gasteiger partial charge in [0.25, 0.3) is 0 Å². The Labute approximate surface area is 137 Å². The highest BCUT2D eigenvalue weighted by molar-refractivity contribution is 6.01. The van der Waals surface area contributed by atoms with Crippen molar-refractivity contribution in [1.82, 2.24) is 14.6 Å². The number of carboxylic acids is 1. The molecule has 0 saturated heterocycles. The van der Waals surface area contributed by atoms with E-state index in [1.165, 1.54) is 22.8 Å². The molecule has 2 aromatic heterocycles. The van der Waals surface area contributed by atoms with E-state index >= 15 is 0 Å². The maximum Gasteiger partial charge on any atom is 0.341 e. The molecule has 0 fully saturated rings. The van der Waals surface area contributed by atoms with Crippen LogP contribution in [-0.4, -0.2) is 36.4 Å². The molecule has 0 aliphatic heterocycles. The molecular weight excluding hydrogens is 313 g/mol. The van der Waals surface area contributed by atoms with E-state index < -0.39 is 17.4 Å². The summed E-state index contributed by atoms with van der Waals surface area (Å²) in [7, 11) is 0. The summed E-state index contributed by atoms with van der Waals surface area (Å²) in [5.41, 5.74) is -0.245. The Kier molecular flexibility index (Phi) is 3.81. The summed E-state index contributed by atoms with van der Waals surface area (Å²) in [5.74, 6) is -1.82. The van der Waals surface area contributed by atoms with Crippen LogP contribution >= 0.6 is 0 Å². The Balaban J connectivity index is 2.14. The van der Waals surface area contributed by atoms with E-state index in [0.29, 0.717) is 5.56 Å². The van der Waals surface area contributed by atoms with Crippen molar-refractivity contribution in [1.29, 1.82) is 0 Å². The molecule has 0 atom stereocenters. The standard InChI is InChI=1S/C17H16FN3O3/c1-17(2,24)9-10-4-5-11(12(18)8-10)14-13(16(22)23)15-19-6-3-7-21(15)20-14/h3-8,24H,9H2,1-2H3,(H,22,23). The van der Waals surface area contributed by atoms with Crippen molar-refractivity contribution in [2.75, 3.05) is 0 Å². The highest BCUT2D eigenvalue weighted by Gasteiger charge is 2.24. The van der Waals surface area contributed by atoms with Crippen molar-refractivity contribution >= 4 is 11.6 Å². The van der Waals surface area contributed by atoms with E-state index in [-0.39, 0.29) is 28.9 Å². The fraction of sp³-hybridized carbons (Fsp3) is 0.235. The van der Waals surface area contributed by atoms with Gasteiger partial charge >= 0.3 is 5.97 Å². The summed E-state index contributed by atoms with van der Waals surface area (Å²) in [6.07, 6.45) is 3.29. The second-order valence-corrected chi connectivity index (χ2v) is 6.22. The van der Waals surface area contributed by atoms with Crippen molar-refractivity contribution in [3.8, 4) is 11.3 Å². The second kappa shape index (κ2) is 5.68. The third-order valence-corrected chi connectivity index (χ3v) is 3.53. The highest BCUT2D eigenvalue weighted by Crippen LogP contribution is 2.29. The van der Waals surface area contributed by atoms with Crippen LogP contribution in [-0.2, 0) is 6.42 Å². The Morgan fingerprint density at radius 3 is 2.75 bits per heavy atom. The predicted molar refractivity (Wildman–Crippen MR) is 85.3 cm³/mol. The van der Waals surface area contributed by atoms with Crippen LogP contribution in [0, 0.1) is 5.82 Å². The van der Waals surface area contributed by atoms with E-state index in [1.807, 2.05) is 0 Å². The van der Waals surface area contributed by atoms with Gasteiger partial charge in [-0.2, -0.15) is 5.10 Å². The number of aromatic carboxylic acids is 1. The number of carbonyl (C=O) groups is 1. The number of halogens is 1. The van der Waals surface area contributed by atoms with Crippen LogP contribution in [0.2, 0.25) is 0 Å². The van der Waals surface area contributed by atoms with Crippen LogP contribution in [0.4, 0.5) is 4.39 Å². The van der Waals surface area contributed by atoms with Crippen molar-refractivity contribution < 1.29 is 19.4 Å². The molecule has 0 amide bonds. The quantitative estimate of drug-likeness (QED) is 0.768. The van der Waals surface area contributed by atoms with Gasteiger partial charge in [0.1, 0.15) is 17.1 Å². The lowest BCUT2D eigenvalue weighted by Crippen LogP contribution is -2.21. The maximum absolute atomic E-state index is 14.5. The zero-order chi connectivity index (χ0) is 17.5. The Morgan fingerprint density at radius 1 is 1.38 bits per heavy atom. The average molecular weight is 329 g/mol. The highest BCUT2D eigenvalue weighted by atomic mass is 19.1. The summed E-state index contributed by atoms with van der Waals surface area (Å²) >= 11 is 0. The first kappa shape index (κ1) is 16.1. The van der Waals surface area contributed by atoms with Gasteiger partial charge in [0.05, 0.1) is 5.60 Å². The molecule has 0 unspecified atom stereocenters. The second-order valence-electron chi connectivity index (χ2n) is 6.22. The average Bonchev–Trinajstić information content (AvgIpc) is 2.84. The minimum atomic E-state index is -1.22. The number of rotatable bonds is 4. The number of fused-ring (bicyclic) bond motifs is 1. The number of nitrogens with zero attached hydrogens (tertiary/aromatic N) is 3. The first-order valence-corrected chi connectivity index (χ1v) is 7.34. The van der Waals surface area contributed by atoms with E-state index in [1.54, 1.807) is 32.2 Å². The van der Waals surface area contributed by atoms with Crippen LogP contribution in [0.1, 0.15) is 29.8 Å². The largest absolute Gasteiger partial charge is 0.477 e. The summed E-state index contributed by atoms with van der Waals surface area (Å²) in [4.78, 5) is 15.6. The van der Waals surface area contributed by atoms with Crippen molar-refractivity contribution in [3.05, 3.63) is 53.6 Å². The number of benzene rings is 1. The van der Waals surface area contributed by atoms with Gasteiger partial charge in [-0.25, -0.2) is 18.7 Å². The molecule has 0 saturated carbocycles. The summed E-state index contributed by atoms with van der Waals surface area (Å²) < 4.78 is 15.8. The molecule has 24 heavy (non-hydrogen) atoms. The number of carboxylic acid groups (broad SMARTS) is 1. The summed E-state index contributed by atoms with van der Waals surface area (Å²) in [6.45, 7) is 3.27. The SMILES string of the molecule is CC(C)(O)Cc1ccc(-c2nn3cccnc3c2C(=O)O)c(F)c1. The van der Waals surface area contributed by atoms with Crippen LogP contribution in [0.15, 0.2) is 36.7 Å². The van der Waals surface area contributed by atoms with Crippen LogP contribution < -0.4 is 0 Å². The molecule has 3 aromatic rings. The van der Waals surface area contributed by atoms with Crippen LogP contribution in [0.5, 0.6) is 0 Å². The molecule has 2 heterocycles. The van der Waals surface area contributed by atoms with Gasteiger partial charge in [-0.3, -0.25) is 0 Å². The molecule has 3 rings (SSSR count). The van der Waals surface area contributed by atoms with Gasteiger partial charge in [-0.05, 0) is 37.6 Å². The fourth-order valence-electron chi connectivity index (χ4n) is 2.63. The van der Waals surface area contributed by atoms with Gasteiger partial charge < -0.3 is 10.2 Å². The van der Waals surface area contributed by atoms with Gasteiger partial charge in [0.15, 0.2) is 5.65 Å². The van der Waals surface area contributed by atoms with Gasteiger partial charge in [0.2, 0.25) is 0 Å². The Bertz CT molecular complexity index is 928. The van der Waals surface area contributed by atoms with Gasteiger partial charge in [-0.1, -0.05) is 6.07 Å². The summed E-state index contributed by atoms with van der Waals surface area (Å²) in [5, 5.41) is 23.5. The van der Waals surface area contributed by atoms with Gasteiger partial charge in [0, 0.05) is 24.4 Å². The lowest BCUT2D eigenvalue weighted by molar-refractivity contribution is 0.0699. The smallest absolute Gasteiger partial charge is 0.341 e. The zero-order valence-corrected chi connectivity index (χ0v) is 13.2. The first-order chi connectivity index (χ1) is 11.3. The summed E-state index contributed by atoms with van der Waals surface area (Å²) in [6, 6.07) is 6.03. The molecule has 6 nitrogen and oxygen atoms in total. The monoisotopic (exact) mass is 329 g/mol. The molecule has 7 heteroatoms. The number of aliphatic hydroxyl groups is 1. The normalized spacial score (nSPS) is 11.8. The van der Waals surface area contributed by atoms with E-state index in [0.717, 1.165) is 0 Å². The first-order valence-electron chi connectivity index (χ1n) is 7.34. The molecule has 2 N–H and O–H groups in total. The molecule has 0 bridgehead atoms. The molecule has 0 spiro atoms. The molecule has 0 radical (unpaired) electrons. The lowest BCUT2D eigenvalue weighted by atomic mass is 9.96. The van der Waals surface area contributed by atoms with E-state index in [9.17, 15) is 19.4 Å². The predicted octanol–water partition coefficient (Wildman–Crippen LogP) is 2.55. The van der Waals surface area contributed by atoms with Crippen LogP contribution in [0.3, 0.4) is 0 Å². The van der Waals surface area contributed by atoms with Crippen molar-refractivity contribution in [3.63, 3.8) is 0 Å². The Morgan fingerprint density at radius 2 is 2.12 bits per heavy atom. The topological polar surface area (TPSA) is 87.7 Å². The van der Waals surface area contributed by atoms with Crippen molar-refractivity contribution in [2.24, 2.45) is 0 Å². The minimum Gasteiger partial charge on any atom is -0.477 e. The minimum absolute atomic E-state index is 0.0218. The molecule has 1 aromatic carbocycles.